The summed E-state index contributed by atoms with van der Waals surface area (Å²) in [5, 5.41) is 2.74. The van der Waals surface area contributed by atoms with Gasteiger partial charge >= 0.3 is 5.97 Å². The van der Waals surface area contributed by atoms with Crippen LogP contribution in [-0.2, 0) is 14.9 Å². The number of hydrogen-bond acceptors (Lipinski definition) is 4. The molecular weight excluding hydrogens is 450 g/mol. The van der Waals surface area contributed by atoms with Crippen molar-refractivity contribution in [3.8, 4) is 16.9 Å². The Morgan fingerprint density at radius 2 is 1.44 bits per heavy atom. The van der Waals surface area contributed by atoms with E-state index < -0.39 is 0 Å². The molecule has 0 heterocycles. The maximum absolute atomic E-state index is 12.3. The van der Waals surface area contributed by atoms with Gasteiger partial charge in [-0.1, -0.05) is 82.6 Å². The second-order valence-electron chi connectivity index (χ2n) is 9.95. The van der Waals surface area contributed by atoms with E-state index in [2.05, 4.69) is 74.1 Å². The first kappa shape index (κ1) is 27.0. The van der Waals surface area contributed by atoms with Crippen LogP contribution in [0.3, 0.4) is 0 Å². The van der Waals surface area contributed by atoms with Crippen molar-refractivity contribution in [3.63, 3.8) is 0 Å². The van der Waals surface area contributed by atoms with Crippen molar-refractivity contribution in [1.82, 2.24) is 5.32 Å². The lowest BCUT2D eigenvalue weighted by Gasteiger charge is -2.20. The number of carbonyl (C=O) groups excluding carboxylic acids is 2. The zero-order chi connectivity index (χ0) is 26.1. The number of nitrogens with one attached hydrogen (secondary N) is 1. The largest absolute Gasteiger partial charge is 0.486 e. The van der Waals surface area contributed by atoms with E-state index in [1.165, 1.54) is 18.2 Å². The Balaban J connectivity index is 1.65. The van der Waals surface area contributed by atoms with Crippen LogP contribution >= 0.6 is 0 Å². The van der Waals surface area contributed by atoms with E-state index in [1.807, 2.05) is 24.3 Å². The fourth-order valence-corrected chi connectivity index (χ4v) is 3.94. The number of rotatable bonds is 10. The molecule has 0 aliphatic heterocycles. The standard InChI is InChI=1S/C31H37NO4/c1-6-7-28(24-8-10-25(11-9-24)30(34)32-21-20-29(33)35-5)36-27-18-14-23(15-19-27)22-12-16-26(17-13-22)31(2,3)4/h8-19,28H,6-7,20-21H2,1-5H3,(H,32,34). The average Bonchev–Trinajstić information content (AvgIpc) is 2.88. The molecule has 1 amide bonds. The normalized spacial score (nSPS) is 12.0. The average molecular weight is 488 g/mol. The Labute approximate surface area is 214 Å². The summed E-state index contributed by atoms with van der Waals surface area (Å²) in [7, 11) is 1.33. The predicted molar refractivity (Wildman–Crippen MR) is 144 cm³/mol. The van der Waals surface area contributed by atoms with Gasteiger partial charge in [0.2, 0.25) is 0 Å². The molecule has 0 aromatic heterocycles. The predicted octanol–water partition coefficient (Wildman–Crippen LogP) is 6.86. The van der Waals surface area contributed by atoms with Crippen molar-refractivity contribution in [2.24, 2.45) is 0 Å². The van der Waals surface area contributed by atoms with E-state index in [-0.39, 0.29) is 36.4 Å². The Hall–Kier alpha value is -3.60. The molecule has 5 nitrogen and oxygen atoms in total. The van der Waals surface area contributed by atoms with E-state index >= 15 is 0 Å². The van der Waals surface area contributed by atoms with Gasteiger partial charge < -0.3 is 14.8 Å². The molecule has 0 aliphatic rings. The minimum Gasteiger partial charge on any atom is -0.486 e. The molecule has 0 aliphatic carbocycles. The van der Waals surface area contributed by atoms with E-state index in [0.717, 1.165) is 29.7 Å². The van der Waals surface area contributed by atoms with Crippen LogP contribution in [0.4, 0.5) is 0 Å². The zero-order valence-corrected chi connectivity index (χ0v) is 22.0. The Morgan fingerprint density at radius 1 is 0.861 bits per heavy atom. The molecule has 5 heteroatoms. The van der Waals surface area contributed by atoms with Crippen LogP contribution < -0.4 is 10.1 Å². The summed E-state index contributed by atoms with van der Waals surface area (Å²) in [5.74, 6) is 0.245. The lowest BCUT2D eigenvalue weighted by molar-refractivity contribution is -0.140. The highest BCUT2D eigenvalue weighted by Gasteiger charge is 2.15. The highest BCUT2D eigenvalue weighted by molar-refractivity contribution is 5.94. The Bertz CT molecular complexity index is 1130. The molecule has 1 N–H and O–H groups in total. The summed E-state index contributed by atoms with van der Waals surface area (Å²) in [5.41, 5.74) is 5.35. The summed E-state index contributed by atoms with van der Waals surface area (Å²) in [4.78, 5) is 23.5. The molecule has 190 valence electrons. The van der Waals surface area contributed by atoms with Gasteiger partial charge in [0.15, 0.2) is 0 Å². The maximum atomic E-state index is 12.3. The lowest BCUT2D eigenvalue weighted by Crippen LogP contribution is -2.26. The molecule has 1 unspecified atom stereocenters. The third kappa shape index (κ3) is 7.45. The number of hydrogen-bond donors (Lipinski definition) is 1. The van der Waals surface area contributed by atoms with Crippen LogP contribution in [0.15, 0.2) is 72.8 Å². The van der Waals surface area contributed by atoms with Crippen molar-refractivity contribution in [2.45, 2.75) is 58.5 Å². The van der Waals surface area contributed by atoms with Crippen molar-refractivity contribution >= 4 is 11.9 Å². The highest BCUT2D eigenvalue weighted by atomic mass is 16.5. The summed E-state index contributed by atoms with van der Waals surface area (Å²) in [6, 6.07) is 24.4. The molecule has 0 spiro atoms. The summed E-state index contributed by atoms with van der Waals surface area (Å²) >= 11 is 0. The molecule has 0 bridgehead atoms. The SMILES string of the molecule is CCCC(Oc1ccc(-c2ccc(C(C)(C)C)cc2)cc1)c1ccc(C(=O)NCCC(=O)OC)cc1. The first-order valence-electron chi connectivity index (χ1n) is 12.5. The third-order valence-electron chi connectivity index (χ3n) is 6.15. The van der Waals surface area contributed by atoms with Gasteiger partial charge in [0.1, 0.15) is 11.9 Å². The maximum Gasteiger partial charge on any atom is 0.307 e. The number of ether oxygens (including phenoxy) is 2. The molecule has 3 aromatic carbocycles. The van der Waals surface area contributed by atoms with Gasteiger partial charge in [-0.2, -0.15) is 0 Å². The molecule has 3 rings (SSSR count). The highest BCUT2D eigenvalue weighted by Crippen LogP contribution is 2.30. The van der Waals surface area contributed by atoms with Crippen molar-refractivity contribution in [1.29, 1.82) is 0 Å². The summed E-state index contributed by atoms with van der Waals surface area (Å²) < 4.78 is 10.9. The van der Waals surface area contributed by atoms with E-state index in [1.54, 1.807) is 12.1 Å². The third-order valence-corrected chi connectivity index (χ3v) is 6.15. The fourth-order valence-electron chi connectivity index (χ4n) is 3.94. The monoisotopic (exact) mass is 487 g/mol. The van der Waals surface area contributed by atoms with E-state index in [0.29, 0.717) is 5.56 Å². The summed E-state index contributed by atoms with van der Waals surface area (Å²) in [6.07, 6.45) is 1.87. The van der Waals surface area contributed by atoms with Crippen molar-refractivity contribution in [2.75, 3.05) is 13.7 Å². The van der Waals surface area contributed by atoms with Gasteiger partial charge in [-0.05, 0) is 58.4 Å². The number of carbonyl (C=O) groups is 2. The lowest BCUT2D eigenvalue weighted by atomic mass is 9.86. The fraction of sp³-hybridized carbons (Fsp3) is 0.355. The zero-order valence-electron chi connectivity index (χ0n) is 22.0. The first-order valence-corrected chi connectivity index (χ1v) is 12.5. The molecule has 1 atom stereocenters. The van der Waals surface area contributed by atoms with Crippen LogP contribution in [0, 0.1) is 0 Å². The second kappa shape index (κ2) is 12.4. The quantitative estimate of drug-likeness (QED) is 0.317. The number of methoxy groups -OCH3 is 1. The number of amides is 1. The minimum atomic E-state index is -0.350. The number of benzene rings is 3. The van der Waals surface area contributed by atoms with Crippen LogP contribution in [0.25, 0.3) is 11.1 Å². The number of esters is 1. The summed E-state index contributed by atoms with van der Waals surface area (Å²) in [6.45, 7) is 9.03. The van der Waals surface area contributed by atoms with Crippen LogP contribution in [0.1, 0.15) is 74.5 Å². The topological polar surface area (TPSA) is 64.6 Å². The minimum absolute atomic E-state index is 0.108. The second-order valence-corrected chi connectivity index (χ2v) is 9.95. The van der Waals surface area contributed by atoms with Gasteiger partial charge in [-0.25, -0.2) is 0 Å². The molecule has 36 heavy (non-hydrogen) atoms. The van der Waals surface area contributed by atoms with Gasteiger partial charge in [-0.3, -0.25) is 9.59 Å². The first-order chi connectivity index (χ1) is 17.2. The van der Waals surface area contributed by atoms with Crippen LogP contribution in [0.5, 0.6) is 5.75 Å². The van der Waals surface area contributed by atoms with Gasteiger partial charge in [0.05, 0.1) is 13.5 Å². The van der Waals surface area contributed by atoms with Crippen LogP contribution in [-0.4, -0.2) is 25.5 Å². The molecular formula is C31H37NO4. The van der Waals surface area contributed by atoms with Crippen LogP contribution in [0.2, 0.25) is 0 Å². The Kier molecular flexibility index (Phi) is 9.29. The van der Waals surface area contributed by atoms with Gasteiger partial charge in [-0.15, -0.1) is 0 Å². The molecule has 3 aromatic rings. The van der Waals surface area contributed by atoms with Crippen molar-refractivity contribution < 1.29 is 19.1 Å². The van der Waals surface area contributed by atoms with Crippen molar-refractivity contribution in [3.05, 3.63) is 89.5 Å². The molecule has 0 fully saturated rings. The van der Waals surface area contributed by atoms with Gasteiger partial charge in [0.25, 0.3) is 5.91 Å². The van der Waals surface area contributed by atoms with Gasteiger partial charge in [0, 0.05) is 12.1 Å². The molecule has 0 radical (unpaired) electrons. The smallest absolute Gasteiger partial charge is 0.307 e. The van der Waals surface area contributed by atoms with E-state index in [4.69, 9.17) is 4.74 Å². The Morgan fingerprint density at radius 3 is 1.97 bits per heavy atom. The molecule has 0 saturated heterocycles. The molecule has 0 saturated carbocycles. The van der Waals surface area contributed by atoms with E-state index in [9.17, 15) is 9.59 Å².